The number of nitrogens with one attached hydrogen (secondary N) is 1. The van der Waals surface area contributed by atoms with E-state index in [-0.39, 0.29) is 5.82 Å². The number of hydrogen-bond acceptors (Lipinski definition) is 7. The number of fused-ring (bicyclic) bond motifs is 1. The van der Waals surface area contributed by atoms with E-state index in [1.54, 1.807) is 37.0 Å². The van der Waals surface area contributed by atoms with Gasteiger partial charge >= 0.3 is 6.09 Å². The van der Waals surface area contributed by atoms with Crippen LogP contribution < -0.4 is 10.2 Å². The minimum absolute atomic E-state index is 0.0273. The van der Waals surface area contributed by atoms with Crippen molar-refractivity contribution in [2.75, 3.05) is 24.4 Å². The van der Waals surface area contributed by atoms with Crippen molar-refractivity contribution in [3.05, 3.63) is 66.3 Å². The lowest BCUT2D eigenvalue weighted by Gasteiger charge is -2.16. The maximum absolute atomic E-state index is 13.2. The Morgan fingerprint density at radius 1 is 1.09 bits per heavy atom. The number of pyridine rings is 1. The predicted molar refractivity (Wildman–Crippen MR) is 114 cm³/mol. The van der Waals surface area contributed by atoms with Gasteiger partial charge in [0.05, 0.1) is 24.7 Å². The summed E-state index contributed by atoms with van der Waals surface area (Å²) in [7, 11) is 2.82. The molecule has 0 radical (unpaired) electrons. The van der Waals surface area contributed by atoms with E-state index in [0.29, 0.717) is 34.1 Å². The Kier molecular flexibility index (Phi) is 5.46. The standard InChI is InChI=1S/C21H18FN7O3/c1-12-17-19(27-18(25-12)20(30)28(2)14-6-4-13(22)5-7-14)29(11-24-17)15-8-9-16(23-10-15)26-21(31)32-3/h4-11H,1-3H3,(H,23,26,31). The normalized spacial score (nSPS) is 10.8. The Labute approximate surface area is 181 Å². The Morgan fingerprint density at radius 3 is 2.50 bits per heavy atom. The number of anilines is 2. The first kappa shape index (κ1) is 20.8. The van der Waals surface area contributed by atoms with E-state index in [9.17, 15) is 14.0 Å². The summed E-state index contributed by atoms with van der Waals surface area (Å²) < 4.78 is 19.4. The molecule has 162 valence electrons. The molecule has 3 heterocycles. The number of aryl methyl sites for hydroxylation is 1. The summed E-state index contributed by atoms with van der Waals surface area (Å²) >= 11 is 0. The van der Waals surface area contributed by atoms with Crippen LogP contribution in [-0.4, -0.2) is 50.7 Å². The quantitative estimate of drug-likeness (QED) is 0.524. The van der Waals surface area contributed by atoms with Crippen LogP contribution in [0.2, 0.25) is 0 Å². The highest BCUT2D eigenvalue weighted by Gasteiger charge is 2.20. The predicted octanol–water partition coefficient (Wildman–Crippen LogP) is 3.11. The van der Waals surface area contributed by atoms with Crippen molar-refractivity contribution in [2.24, 2.45) is 0 Å². The van der Waals surface area contributed by atoms with Crippen LogP contribution in [0, 0.1) is 12.7 Å². The second-order valence-electron chi connectivity index (χ2n) is 6.78. The van der Waals surface area contributed by atoms with E-state index in [1.165, 1.54) is 42.5 Å². The first-order valence-electron chi connectivity index (χ1n) is 9.44. The molecule has 0 saturated heterocycles. The van der Waals surface area contributed by atoms with Gasteiger partial charge in [0, 0.05) is 12.7 Å². The summed E-state index contributed by atoms with van der Waals surface area (Å²) in [6.07, 6.45) is 2.44. The Hall–Kier alpha value is -4.41. The number of nitrogens with zero attached hydrogens (tertiary/aromatic N) is 6. The molecule has 2 amide bonds. The fourth-order valence-corrected chi connectivity index (χ4v) is 3.02. The van der Waals surface area contributed by atoms with Gasteiger partial charge in [0.1, 0.15) is 23.5 Å². The van der Waals surface area contributed by atoms with Gasteiger partial charge in [0.25, 0.3) is 5.91 Å². The van der Waals surface area contributed by atoms with Gasteiger partial charge in [-0.25, -0.2) is 29.1 Å². The molecule has 0 spiro atoms. The Bertz CT molecular complexity index is 1300. The molecule has 1 aromatic carbocycles. The lowest BCUT2D eigenvalue weighted by atomic mass is 10.3. The number of amides is 2. The zero-order chi connectivity index (χ0) is 22.8. The van der Waals surface area contributed by atoms with Gasteiger partial charge in [-0.1, -0.05) is 0 Å². The minimum atomic E-state index is -0.630. The number of carbonyl (C=O) groups is 2. The molecule has 0 fully saturated rings. The van der Waals surface area contributed by atoms with E-state index < -0.39 is 17.8 Å². The number of rotatable bonds is 4. The number of aromatic nitrogens is 5. The van der Waals surface area contributed by atoms with Gasteiger partial charge < -0.3 is 9.64 Å². The van der Waals surface area contributed by atoms with Crippen LogP contribution in [0.25, 0.3) is 16.9 Å². The first-order valence-corrected chi connectivity index (χ1v) is 9.44. The summed E-state index contributed by atoms with van der Waals surface area (Å²) in [5.74, 6) is -0.563. The van der Waals surface area contributed by atoms with Crippen molar-refractivity contribution >= 4 is 34.7 Å². The molecule has 1 N–H and O–H groups in total. The number of benzene rings is 1. The van der Waals surface area contributed by atoms with Crippen LogP contribution in [0.1, 0.15) is 16.3 Å². The zero-order valence-electron chi connectivity index (χ0n) is 17.4. The zero-order valence-corrected chi connectivity index (χ0v) is 17.4. The van der Waals surface area contributed by atoms with Gasteiger partial charge in [-0.15, -0.1) is 0 Å². The first-order chi connectivity index (χ1) is 15.4. The molecule has 0 unspecified atom stereocenters. The monoisotopic (exact) mass is 435 g/mol. The van der Waals surface area contributed by atoms with Crippen LogP contribution in [-0.2, 0) is 4.74 Å². The summed E-state index contributed by atoms with van der Waals surface area (Å²) in [6, 6.07) is 8.85. The summed E-state index contributed by atoms with van der Waals surface area (Å²) in [5.41, 5.74) is 2.60. The molecular formula is C21H18FN7O3. The highest BCUT2D eigenvalue weighted by molar-refractivity contribution is 6.04. The summed E-state index contributed by atoms with van der Waals surface area (Å²) in [6.45, 7) is 1.73. The molecule has 4 aromatic rings. The lowest BCUT2D eigenvalue weighted by Crippen LogP contribution is -2.28. The highest BCUT2D eigenvalue weighted by Crippen LogP contribution is 2.21. The third kappa shape index (κ3) is 3.95. The SMILES string of the molecule is COC(=O)Nc1ccc(-n2cnc3c(C)nc(C(=O)N(C)c4ccc(F)cc4)nc32)cn1. The molecular weight excluding hydrogens is 417 g/mol. The molecule has 0 aliphatic carbocycles. The van der Waals surface area contributed by atoms with Crippen molar-refractivity contribution in [3.8, 4) is 5.69 Å². The van der Waals surface area contributed by atoms with Crippen molar-refractivity contribution < 1.29 is 18.7 Å². The maximum Gasteiger partial charge on any atom is 0.412 e. The van der Waals surface area contributed by atoms with E-state index in [0.717, 1.165) is 0 Å². The molecule has 0 atom stereocenters. The smallest absolute Gasteiger partial charge is 0.412 e. The van der Waals surface area contributed by atoms with E-state index in [2.05, 4.69) is 30.0 Å². The average molecular weight is 435 g/mol. The molecule has 3 aromatic heterocycles. The fraction of sp³-hybridized carbons (Fsp3) is 0.143. The Balaban J connectivity index is 1.69. The fourth-order valence-electron chi connectivity index (χ4n) is 3.02. The van der Waals surface area contributed by atoms with Gasteiger partial charge in [-0.05, 0) is 43.3 Å². The van der Waals surface area contributed by atoms with Crippen molar-refractivity contribution in [2.45, 2.75) is 6.92 Å². The molecule has 10 nitrogen and oxygen atoms in total. The van der Waals surface area contributed by atoms with Crippen molar-refractivity contribution in [1.82, 2.24) is 24.5 Å². The third-order valence-corrected chi connectivity index (χ3v) is 4.72. The number of methoxy groups -OCH3 is 1. The Morgan fingerprint density at radius 2 is 1.84 bits per heavy atom. The number of imidazole rings is 1. The number of carbonyl (C=O) groups excluding carboxylic acids is 2. The van der Waals surface area contributed by atoms with Crippen molar-refractivity contribution in [3.63, 3.8) is 0 Å². The highest BCUT2D eigenvalue weighted by atomic mass is 19.1. The molecule has 0 bridgehead atoms. The number of hydrogen-bond donors (Lipinski definition) is 1. The van der Waals surface area contributed by atoms with Crippen LogP contribution in [0.4, 0.5) is 20.7 Å². The number of halogens is 1. The third-order valence-electron chi connectivity index (χ3n) is 4.72. The molecule has 11 heteroatoms. The maximum atomic E-state index is 13.2. The second kappa shape index (κ2) is 8.38. The van der Waals surface area contributed by atoms with Crippen LogP contribution in [0.3, 0.4) is 0 Å². The van der Waals surface area contributed by atoms with Crippen molar-refractivity contribution in [1.29, 1.82) is 0 Å². The lowest BCUT2D eigenvalue weighted by molar-refractivity contribution is 0.0983. The average Bonchev–Trinajstić information content (AvgIpc) is 3.23. The van der Waals surface area contributed by atoms with Crippen LogP contribution in [0.15, 0.2) is 48.9 Å². The molecule has 0 saturated carbocycles. The van der Waals surface area contributed by atoms with Gasteiger partial charge in [0.15, 0.2) is 5.65 Å². The molecule has 4 rings (SSSR count). The molecule has 0 aliphatic heterocycles. The molecule has 32 heavy (non-hydrogen) atoms. The summed E-state index contributed by atoms with van der Waals surface area (Å²) in [4.78, 5) is 42.9. The van der Waals surface area contributed by atoms with E-state index in [1.807, 2.05) is 0 Å². The van der Waals surface area contributed by atoms with Gasteiger partial charge in [-0.3, -0.25) is 14.7 Å². The van der Waals surface area contributed by atoms with Crippen LogP contribution in [0.5, 0.6) is 0 Å². The second-order valence-corrected chi connectivity index (χ2v) is 6.78. The topological polar surface area (TPSA) is 115 Å². The van der Waals surface area contributed by atoms with Crippen LogP contribution >= 0.6 is 0 Å². The van der Waals surface area contributed by atoms with E-state index >= 15 is 0 Å². The van der Waals surface area contributed by atoms with E-state index in [4.69, 9.17) is 0 Å². The van der Waals surface area contributed by atoms with Gasteiger partial charge in [0.2, 0.25) is 5.82 Å². The largest absolute Gasteiger partial charge is 0.453 e. The summed E-state index contributed by atoms with van der Waals surface area (Å²) in [5, 5.41) is 2.47. The minimum Gasteiger partial charge on any atom is -0.453 e. The molecule has 0 aliphatic rings. The number of ether oxygens (including phenoxy) is 1. The van der Waals surface area contributed by atoms with Gasteiger partial charge in [-0.2, -0.15) is 0 Å².